The van der Waals surface area contributed by atoms with E-state index >= 15 is 0 Å². The summed E-state index contributed by atoms with van der Waals surface area (Å²) in [7, 11) is 0. The maximum Gasteiger partial charge on any atom is 0.320 e. The minimum atomic E-state index is -0.989. The van der Waals surface area contributed by atoms with Gasteiger partial charge in [0.2, 0.25) is 0 Å². The van der Waals surface area contributed by atoms with E-state index in [4.69, 9.17) is 9.84 Å². The van der Waals surface area contributed by atoms with Crippen LogP contribution in [-0.2, 0) is 4.79 Å². The van der Waals surface area contributed by atoms with E-state index in [1.54, 1.807) is 0 Å². The molecule has 1 atom stereocenters. The van der Waals surface area contributed by atoms with Crippen LogP contribution in [0.4, 0.5) is 8.78 Å². The third-order valence-electron chi connectivity index (χ3n) is 2.51. The van der Waals surface area contributed by atoms with Gasteiger partial charge >= 0.3 is 5.97 Å². The van der Waals surface area contributed by atoms with Crippen LogP contribution in [0.2, 0.25) is 0 Å². The number of nitrogens with one attached hydrogen (secondary N) is 1. The van der Waals surface area contributed by atoms with Crippen molar-refractivity contribution in [1.29, 1.82) is 0 Å². The highest BCUT2D eigenvalue weighted by atomic mass is 19.2. The quantitative estimate of drug-likeness (QED) is 0.762. The summed E-state index contributed by atoms with van der Waals surface area (Å²) < 4.78 is 30.8. The second-order valence-electron chi connectivity index (χ2n) is 4.06. The molecule has 0 bridgehead atoms. The fourth-order valence-corrected chi connectivity index (χ4v) is 1.49. The number of benzene rings is 1. The van der Waals surface area contributed by atoms with E-state index in [-0.39, 0.29) is 18.8 Å². The Balaban J connectivity index is 2.42. The van der Waals surface area contributed by atoms with Gasteiger partial charge in [0, 0.05) is 12.5 Å². The number of rotatable bonds is 8. The van der Waals surface area contributed by atoms with E-state index in [1.807, 2.05) is 6.92 Å². The van der Waals surface area contributed by atoms with Gasteiger partial charge in [-0.2, -0.15) is 0 Å². The van der Waals surface area contributed by atoms with E-state index in [0.29, 0.717) is 6.54 Å². The molecule has 1 aromatic carbocycles. The van der Waals surface area contributed by atoms with Gasteiger partial charge in [-0.3, -0.25) is 4.79 Å². The van der Waals surface area contributed by atoms with Crippen molar-refractivity contribution in [3.05, 3.63) is 29.8 Å². The van der Waals surface area contributed by atoms with Crippen molar-refractivity contribution < 1.29 is 23.4 Å². The smallest absolute Gasteiger partial charge is 0.320 e. The predicted octanol–water partition coefficient (Wildman–Crippen LogP) is 2.19. The first kappa shape index (κ1) is 15.4. The van der Waals surface area contributed by atoms with Crippen LogP contribution in [0.3, 0.4) is 0 Å². The van der Waals surface area contributed by atoms with Crippen LogP contribution in [0.1, 0.15) is 19.8 Å². The van der Waals surface area contributed by atoms with Gasteiger partial charge in [-0.1, -0.05) is 6.92 Å². The summed E-state index contributed by atoms with van der Waals surface area (Å²) in [6.45, 7) is 2.64. The van der Waals surface area contributed by atoms with E-state index < -0.39 is 23.6 Å². The SMILES string of the molecule is CCCNC(CCOc1ccc(F)c(F)c1)C(=O)O. The van der Waals surface area contributed by atoms with Crippen LogP contribution >= 0.6 is 0 Å². The van der Waals surface area contributed by atoms with Crippen LogP contribution in [-0.4, -0.2) is 30.3 Å². The molecule has 106 valence electrons. The molecule has 0 radical (unpaired) electrons. The molecule has 0 fully saturated rings. The molecular weight excluding hydrogens is 256 g/mol. The van der Waals surface area contributed by atoms with Crippen molar-refractivity contribution in [2.75, 3.05) is 13.2 Å². The zero-order chi connectivity index (χ0) is 14.3. The number of ether oxygens (including phenoxy) is 1. The highest BCUT2D eigenvalue weighted by Crippen LogP contribution is 2.15. The molecule has 0 aromatic heterocycles. The number of hydrogen-bond donors (Lipinski definition) is 2. The van der Waals surface area contributed by atoms with Gasteiger partial charge in [-0.05, 0) is 25.1 Å². The summed E-state index contributed by atoms with van der Waals surface area (Å²) in [5.41, 5.74) is 0. The zero-order valence-electron chi connectivity index (χ0n) is 10.7. The Morgan fingerprint density at radius 3 is 2.74 bits per heavy atom. The van der Waals surface area contributed by atoms with E-state index in [9.17, 15) is 13.6 Å². The molecule has 0 aliphatic carbocycles. The predicted molar refractivity (Wildman–Crippen MR) is 66.2 cm³/mol. The molecule has 19 heavy (non-hydrogen) atoms. The molecule has 1 rings (SSSR count). The summed E-state index contributed by atoms with van der Waals surface area (Å²) in [5, 5.41) is 11.8. The second kappa shape index (κ2) is 7.68. The first-order valence-electron chi connectivity index (χ1n) is 6.08. The third kappa shape index (κ3) is 5.21. The lowest BCUT2D eigenvalue weighted by atomic mass is 10.2. The van der Waals surface area contributed by atoms with Crippen molar-refractivity contribution in [3.8, 4) is 5.75 Å². The monoisotopic (exact) mass is 273 g/mol. The fraction of sp³-hybridized carbons (Fsp3) is 0.462. The summed E-state index contributed by atoms with van der Waals surface area (Å²) in [6, 6.07) is 2.50. The number of aliphatic carboxylic acids is 1. The number of carboxylic acids is 1. The third-order valence-corrected chi connectivity index (χ3v) is 2.51. The Labute approximate surface area is 110 Å². The highest BCUT2D eigenvalue weighted by Gasteiger charge is 2.16. The molecule has 0 heterocycles. The highest BCUT2D eigenvalue weighted by molar-refractivity contribution is 5.73. The van der Waals surface area contributed by atoms with E-state index in [0.717, 1.165) is 18.6 Å². The lowest BCUT2D eigenvalue weighted by molar-refractivity contribution is -0.139. The van der Waals surface area contributed by atoms with Crippen LogP contribution in [0.25, 0.3) is 0 Å². The first-order valence-corrected chi connectivity index (χ1v) is 6.08. The van der Waals surface area contributed by atoms with E-state index in [2.05, 4.69) is 5.32 Å². The van der Waals surface area contributed by atoms with Crippen LogP contribution < -0.4 is 10.1 Å². The Hall–Kier alpha value is -1.69. The molecule has 0 spiro atoms. The molecule has 0 saturated carbocycles. The second-order valence-corrected chi connectivity index (χ2v) is 4.06. The van der Waals surface area contributed by atoms with Crippen LogP contribution in [0.5, 0.6) is 5.75 Å². The normalized spacial score (nSPS) is 12.2. The average molecular weight is 273 g/mol. The molecular formula is C13H17F2NO3. The summed E-state index contributed by atoms with van der Waals surface area (Å²) in [4.78, 5) is 10.9. The molecule has 0 aliphatic heterocycles. The van der Waals surface area contributed by atoms with Gasteiger partial charge < -0.3 is 15.2 Å². The van der Waals surface area contributed by atoms with Gasteiger partial charge in [0.1, 0.15) is 11.8 Å². The fourth-order valence-electron chi connectivity index (χ4n) is 1.49. The van der Waals surface area contributed by atoms with Gasteiger partial charge in [0.15, 0.2) is 11.6 Å². The molecule has 1 aromatic rings. The molecule has 2 N–H and O–H groups in total. The van der Waals surface area contributed by atoms with Gasteiger partial charge in [-0.15, -0.1) is 0 Å². The van der Waals surface area contributed by atoms with Crippen molar-refractivity contribution in [2.24, 2.45) is 0 Å². The maximum atomic E-state index is 12.9. The van der Waals surface area contributed by atoms with Gasteiger partial charge in [0.05, 0.1) is 6.61 Å². The van der Waals surface area contributed by atoms with E-state index in [1.165, 1.54) is 6.07 Å². The minimum absolute atomic E-state index is 0.110. The number of carboxylic acid groups (broad SMARTS) is 1. The Morgan fingerprint density at radius 2 is 2.16 bits per heavy atom. The number of carbonyl (C=O) groups is 1. The standard InChI is InChI=1S/C13H17F2NO3/c1-2-6-16-12(13(17)18)5-7-19-9-3-4-10(14)11(15)8-9/h3-4,8,12,16H,2,5-7H2,1H3,(H,17,18). The van der Waals surface area contributed by atoms with Gasteiger partial charge in [-0.25, -0.2) is 8.78 Å². The molecule has 0 saturated heterocycles. The molecule has 1 unspecified atom stereocenters. The molecule has 0 aliphatic rings. The Morgan fingerprint density at radius 1 is 1.42 bits per heavy atom. The lowest BCUT2D eigenvalue weighted by Crippen LogP contribution is -2.38. The summed E-state index contributed by atoms with van der Waals surface area (Å²) in [6.07, 6.45) is 1.07. The zero-order valence-corrected chi connectivity index (χ0v) is 10.7. The minimum Gasteiger partial charge on any atom is -0.493 e. The van der Waals surface area contributed by atoms with Crippen molar-refractivity contribution in [1.82, 2.24) is 5.32 Å². The number of halogens is 2. The van der Waals surface area contributed by atoms with Crippen molar-refractivity contribution in [2.45, 2.75) is 25.8 Å². The van der Waals surface area contributed by atoms with Crippen LogP contribution in [0.15, 0.2) is 18.2 Å². The lowest BCUT2D eigenvalue weighted by Gasteiger charge is -2.14. The summed E-state index contributed by atoms with van der Waals surface area (Å²) in [5.74, 6) is -2.71. The van der Waals surface area contributed by atoms with Gasteiger partial charge in [0.25, 0.3) is 0 Å². The molecule has 0 amide bonds. The molecule has 6 heteroatoms. The van der Waals surface area contributed by atoms with Crippen LogP contribution in [0, 0.1) is 11.6 Å². The van der Waals surface area contributed by atoms with Crippen molar-refractivity contribution in [3.63, 3.8) is 0 Å². The largest absolute Gasteiger partial charge is 0.493 e. The maximum absolute atomic E-state index is 12.9. The Kier molecular flexibility index (Phi) is 6.21. The summed E-state index contributed by atoms with van der Waals surface area (Å²) >= 11 is 0. The topological polar surface area (TPSA) is 58.6 Å². The average Bonchev–Trinajstić information content (AvgIpc) is 2.37. The first-order chi connectivity index (χ1) is 9.04. The number of hydrogen-bond acceptors (Lipinski definition) is 3. The molecule has 4 nitrogen and oxygen atoms in total. The van der Waals surface area contributed by atoms with Crippen molar-refractivity contribution >= 4 is 5.97 Å². The Bertz CT molecular complexity index is 426.